The Labute approximate surface area is 112 Å². The molecule has 19 heavy (non-hydrogen) atoms. The maximum atomic E-state index is 10.4. The molecule has 0 bridgehead atoms. The SMILES string of the molecule is O=C(O)CCCc1ccc(Cc2cccnc2)cc1. The number of rotatable bonds is 6. The van der Waals surface area contributed by atoms with Crippen molar-refractivity contribution in [2.75, 3.05) is 0 Å². The van der Waals surface area contributed by atoms with Crippen molar-refractivity contribution in [1.82, 2.24) is 4.98 Å². The number of hydrogen-bond donors (Lipinski definition) is 1. The fraction of sp³-hybridized carbons (Fsp3) is 0.250. The van der Waals surface area contributed by atoms with Gasteiger partial charge >= 0.3 is 5.97 Å². The zero-order valence-electron chi connectivity index (χ0n) is 10.7. The van der Waals surface area contributed by atoms with Gasteiger partial charge in [-0.05, 0) is 42.0 Å². The van der Waals surface area contributed by atoms with Crippen LogP contribution in [0.15, 0.2) is 48.8 Å². The largest absolute Gasteiger partial charge is 0.481 e. The van der Waals surface area contributed by atoms with E-state index in [1.807, 2.05) is 12.3 Å². The second-order valence-corrected chi connectivity index (χ2v) is 4.60. The Balaban J connectivity index is 1.89. The van der Waals surface area contributed by atoms with E-state index in [2.05, 4.69) is 35.3 Å². The molecule has 0 spiro atoms. The van der Waals surface area contributed by atoms with E-state index in [-0.39, 0.29) is 6.42 Å². The van der Waals surface area contributed by atoms with E-state index in [1.165, 1.54) is 16.7 Å². The molecule has 0 saturated carbocycles. The third kappa shape index (κ3) is 4.54. The minimum atomic E-state index is -0.729. The van der Waals surface area contributed by atoms with Gasteiger partial charge in [-0.3, -0.25) is 9.78 Å². The first kappa shape index (κ1) is 13.3. The van der Waals surface area contributed by atoms with Gasteiger partial charge in [-0.25, -0.2) is 0 Å². The van der Waals surface area contributed by atoms with Gasteiger partial charge in [0, 0.05) is 18.8 Å². The number of pyridine rings is 1. The molecule has 0 atom stereocenters. The molecule has 1 aromatic heterocycles. The molecule has 0 radical (unpaired) electrons. The number of benzene rings is 1. The summed E-state index contributed by atoms with van der Waals surface area (Å²) in [5.41, 5.74) is 3.63. The fourth-order valence-corrected chi connectivity index (χ4v) is 2.01. The van der Waals surface area contributed by atoms with Gasteiger partial charge in [0.15, 0.2) is 0 Å². The molecule has 1 heterocycles. The van der Waals surface area contributed by atoms with Crippen LogP contribution in [0.3, 0.4) is 0 Å². The molecule has 3 heteroatoms. The Morgan fingerprint density at radius 2 is 1.79 bits per heavy atom. The van der Waals surface area contributed by atoms with Crippen molar-refractivity contribution in [2.24, 2.45) is 0 Å². The topological polar surface area (TPSA) is 50.2 Å². The van der Waals surface area contributed by atoms with Gasteiger partial charge in [-0.1, -0.05) is 30.3 Å². The normalized spacial score (nSPS) is 10.3. The molecular weight excluding hydrogens is 238 g/mol. The zero-order valence-corrected chi connectivity index (χ0v) is 10.7. The van der Waals surface area contributed by atoms with Crippen molar-refractivity contribution in [2.45, 2.75) is 25.7 Å². The summed E-state index contributed by atoms with van der Waals surface area (Å²) in [7, 11) is 0. The number of aromatic nitrogens is 1. The van der Waals surface area contributed by atoms with Crippen molar-refractivity contribution < 1.29 is 9.90 Å². The molecule has 0 aliphatic rings. The Bertz CT molecular complexity index is 520. The molecule has 1 aromatic carbocycles. The van der Waals surface area contributed by atoms with E-state index >= 15 is 0 Å². The number of carboxylic acid groups (broad SMARTS) is 1. The quantitative estimate of drug-likeness (QED) is 0.863. The summed E-state index contributed by atoms with van der Waals surface area (Å²) in [5, 5.41) is 8.59. The second-order valence-electron chi connectivity index (χ2n) is 4.60. The first-order chi connectivity index (χ1) is 9.24. The maximum absolute atomic E-state index is 10.4. The standard InChI is InChI=1S/C16H17NO2/c18-16(19)5-1-3-13-6-8-14(9-7-13)11-15-4-2-10-17-12-15/h2,4,6-10,12H,1,3,5,11H2,(H,18,19). The third-order valence-electron chi connectivity index (χ3n) is 3.01. The lowest BCUT2D eigenvalue weighted by Gasteiger charge is -2.04. The molecule has 0 aliphatic carbocycles. The molecule has 1 N–H and O–H groups in total. The summed E-state index contributed by atoms with van der Waals surface area (Å²) in [6.07, 6.45) is 6.27. The van der Waals surface area contributed by atoms with Crippen LogP contribution in [-0.4, -0.2) is 16.1 Å². The third-order valence-corrected chi connectivity index (χ3v) is 3.01. The monoisotopic (exact) mass is 255 g/mol. The zero-order chi connectivity index (χ0) is 13.5. The average molecular weight is 255 g/mol. The number of carboxylic acids is 1. The molecule has 2 aromatic rings. The average Bonchev–Trinajstić information content (AvgIpc) is 2.42. The van der Waals surface area contributed by atoms with Crippen LogP contribution in [-0.2, 0) is 17.6 Å². The molecule has 98 valence electrons. The highest BCUT2D eigenvalue weighted by atomic mass is 16.4. The van der Waals surface area contributed by atoms with Gasteiger partial charge in [0.25, 0.3) is 0 Å². The van der Waals surface area contributed by atoms with E-state index in [0.717, 1.165) is 12.8 Å². The van der Waals surface area contributed by atoms with E-state index in [0.29, 0.717) is 6.42 Å². The van der Waals surface area contributed by atoms with Crippen LogP contribution in [0.2, 0.25) is 0 Å². The highest BCUT2D eigenvalue weighted by Gasteiger charge is 2.00. The maximum Gasteiger partial charge on any atom is 0.303 e. The van der Waals surface area contributed by atoms with Crippen molar-refractivity contribution in [3.05, 3.63) is 65.5 Å². The highest BCUT2D eigenvalue weighted by molar-refractivity contribution is 5.66. The fourth-order valence-electron chi connectivity index (χ4n) is 2.01. The van der Waals surface area contributed by atoms with E-state index < -0.39 is 5.97 Å². The number of aliphatic carboxylic acids is 1. The van der Waals surface area contributed by atoms with Crippen molar-refractivity contribution in [3.63, 3.8) is 0 Å². The number of carbonyl (C=O) groups is 1. The molecule has 0 fully saturated rings. The van der Waals surface area contributed by atoms with Crippen LogP contribution >= 0.6 is 0 Å². The molecule has 0 amide bonds. The predicted octanol–water partition coefficient (Wildman–Crippen LogP) is 3.08. The summed E-state index contributed by atoms with van der Waals surface area (Å²) in [5.74, 6) is -0.729. The first-order valence-corrected chi connectivity index (χ1v) is 6.42. The van der Waals surface area contributed by atoms with Crippen LogP contribution in [0.4, 0.5) is 0 Å². The summed E-state index contributed by atoms with van der Waals surface area (Å²) in [4.78, 5) is 14.5. The summed E-state index contributed by atoms with van der Waals surface area (Å²) in [6, 6.07) is 12.4. The van der Waals surface area contributed by atoms with Gasteiger partial charge in [0.1, 0.15) is 0 Å². The minimum Gasteiger partial charge on any atom is -0.481 e. The van der Waals surface area contributed by atoms with E-state index in [9.17, 15) is 4.79 Å². The number of nitrogens with zero attached hydrogens (tertiary/aromatic N) is 1. The molecule has 0 aliphatic heterocycles. The molecule has 3 nitrogen and oxygen atoms in total. The lowest BCUT2D eigenvalue weighted by atomic mass is 10.0. The Hall–Kier alpha value is -2.16. The minimum absolute atomic E-state index is 0.234. The number of hydrogen-bond acceptors (Lipinski definition) is 2. The van der Waals surface area contributed by atoms with E-state index in [4.69, 9.17) is 5.11 Å². The van der Waals surface area contributed by atoms with Crippen LogP contribution < -0.4 is 0 Å². The van der Waals surface area contributed by atoms with Gasteiger partial charge in [-0.2, -0.15) is 0 Å². The second kappa shape index (κ2) is 6.69. The van der Waals surface area contributed by atoms with E-state index in [1.54, 1.807) is 6.20 Å². The molecule has 2 rings (SSSR count). The summed E-state index contributed by atoms with van der Waals surface area (Å²) < 4.78 is 0. The van der Waals surface area contributed by atoms with Gasteiger partial charge in [0.05, 0.1) is 0 Å². The Morgan fingerprint density at radius 3 is 2.42 bits per heavy atom. The molecule has 0 unspecified atom stereocenters. The van der Waals surface area contributed by atoms with Crippen LogP contribution in [0.1, 0.15) is 29.5 Å². The van der Waals surface area contributed by atoms with Crippen LogP contribution in [0.25, 0.3) is 0 Å². The Kier molecular flexibility index (Phi) is 4.67. The lowest BCUT2D eigenvalue weighted by molar-refractivity contribution is -0.137. The predicted molar refractivity (Wildman–Crippen MR) is 74.1 cm³/mol. The summed E-state index contributed by atoms with van der Waals surface area (Å²) >= 11 is 0. The van der Waals surface area contributed by atoms with Gasteiger partial charge < -0.3 is 5.11 Å². The molecular formula is C16H17NO2. The smallest absolute Gasteiger partial charge is 0.303 e. The van der Waals surface area contributed by atoms with Gasteiger partial charge in [0.2, 0.25) is 0 Å². The van der Waals surface area contributed by atoms with Crippen LogP contribution in [0.5, 0.6) is 0 Å². The summed E-state index contributed by atoms with van der Waals surface area (Å²) in [6.45, 7) is 0. The van der Waals surface area contributed by atoms with Crippen LogP contribution in [0, 0.1) is 0 Å². The Morgan fingerprint density at radius 1 is 1.05 bits per heavy atom. The lowest BCUT2D eigenvalue weighted by Crippen LogP contribution is -1.96. The van der Waals surface area contributed by atoms with Crippen molar-refractivity contribution >= 4 is 5.97 Å². The van der Waals surface area contributed by atoms with Crippen molar-refractivity contribution in [3.8, 4) is 0 Å². The molecule has 0 saturated heterocycles. The first-order valence-electron chi connectivity index (χ1n) is 6.42. The van der Waals surface area contributed by atoms with Crippen molar-refractivity contribution in [1.29, 1.82) is 0 Å². The van der Waals surface area contributed by atoms with Gasteiger partial charge in [-0.15, -0.1) is 0 Å². The number of aryl methyl sites for hydroxylation is 1. The highest BCUT2D eigenvalue weighted by Crippen LogP contribution is 2.11.